The first-order valence-electron chi connectivity index (χ1n) is 6.86. The molecule has 3 aromatic rings. The van der Waals surface area contributed by atoms with E-state index >= 15 is 0 Å². The fourth-order valence-corrected chi connectivity index (χ4v) is 2.65. The van der Waals surface area contributed by atoms with Crippen LogP contribution in [0.5, 0.6) is 0 Å². The topological polar surface area (TPSA) is 89.1 Å². The molecular formula is C17H15N3O2. The van der Waals surface area contributed by atoms with E-state index < -0.39 is 5.91 Å². The number of amides is 1. The Kier molecular flexibility index (Phi) is 3.56. The lowest BCUT2D eigenvalue weighted by atomic mass is 9.96. The molecule has 5 nitrogen and oxygen atoms in total. The SMILES string of the molecule is Cc1ccnc(CO)c1-c1ccc2ccnc(C(N)=O)c2c1. The van der Waals surface area contributed by atoms with Crippen LogP contribution in [-0.2, 0) is 6.61 Å². The van der Waals surface area contributed by atoms with Crippen LogP contribution in [0.3, 0.4) is 0 Å². The molecule has 5 heteroatoms. The summed E-state index contributed by atoms with van der Waals surface area (Å²) in [7, 11) is 0. The van der Waals surface area contributed by atoms with Gasteiger partial charge in [0.05, 0.1) is 12.3 Å². The summed E-state index contributed by atoms with van der Waals surface area (Å²) in [5.41, 5.74) is 8.99. The number of hydrogen-bond donors (Lipinski definition) is 2. The van der Waals surface area contributed by atoms with E-state index in [4.69, 9.17) is 5.73 Å². The van der Waals surface area contributed by atoms with Gasteiger partial charge < -0.3 is 10.8 Å². The number of rotatable bonds is 3. The number of aliphatic hydroxyl groups excluding tert-OH is 1. The fraction of sp³-hybridized carbons (Fsp3) is 0.118. The monoisotopic (exact) mass is 293 g/mol. The molecule has 2 aromatic heterocycles. The molecule has 0 atom stereocenters. The van der Waals surface area contributed by atoms with E-state index in [1.807, 2.05) is 37.3 Å². The number of fused-ring (bicyclic) bond motifs is 1. The van der Waals surface area contributed by atoms with Crippen molar-refractivity contribution in [3.05, 3.63) is 59.7 Å². The lowest BCUT2D eigenvalue weighted by Crippen LogP contribution is -2.13. The normalized spacial score (nSPS) is 10.8. The number of aromatic nitrogens is 2. The fourth-order valence-electron chi connectivity index (χ4n) is 2.65. The number of hydrogen-bond acceptors (Lipinski definition) is 4. The second-order valence-electron chi connectivity index (χ2n) is 5.07. The number of aryl methyl sites for hydroxylation is 1. The zero-order valence-corrected chi connectivity index (χ0v) is 12.1. The maximum absolute atomic E-state index is 11.6. The highest BCUT2D eigenvalue weighted by molar-refractivity contribution is 6.05. The summed E-state index contributed by atoms with van der Waals surface area (Å²) in [5.74, 6) is -0.562. The molecule has 0 aliphatic heterocycles. The highest BCUT2D eigenvalue weighted by Crippen LogP contribution is 2.30. The van der Waals surface area contributed by atoms with Crippen LogP contribution in [0.4, 0.5) is 0 Å². The number of aliphatic hydroxyl groups is 1. The first-order valence-corrected chi connectivity index (χ1v) is 6.86. The van der Waals surface area contributed by atoms with Gasteiger partial charge in [-0.1, -0.05) is 12.1 Å². The molecule has 0 spiro atoms. The molecule has 1 amide bonds. The minimum atomic E-state index is -0.562. The molecular weight excluding hydrogens is 278 g/mol. The van der Waals surface area contributed by atoms with Crippen molar-refractivity contribution in [2.75, 3.05) is 0 Å². The zero-order chi connectivity index (χ0) is 15.7. The summed E-state index contributed by atoms with van der Waals surface area (Å²) in [4.78, 5) is 19.8. The lowest BCUT2D eigenvalue weighted by molar-refractivity contribution is 0.0997. The van der Waals surface area contributed by atoms with E-state index in [0.29, 0.717) is 11.1 Å². The van der Waals surface area contributed by atoms with Gasteiger partial charge in [-0.25, -0.2) is 0 Å². The number of carbonyl (C=O) groups is 1. The molecule has 0 aliphatic carbocycles. The first kappa shape index (κ1) is 14.2. The minimum absolute atomic E-state index is 0.148. The molecule has 110 valence electrons. The van der Waals surface area contributed by atoms with E-state index in [1.165, 1.54) is 0 Å². The van der Waals surface area contributed by atoms with Crippen LogP contribution in [0.25, 0.3) is 21.9 Å². The lowest BCUT2D eigenvalue weighted by Gasteiger charge is -2.12. The van der Waals surface area contributed by atoms with E-state index in [2.05, 4.69) is 9.97 Å². The van der Waals surface area contributed by atoms with Gasteiger partial charge in [0.2, 0.25) is 0 Å². The smallest absolute Gasteiger partial charge is 0.267 e. The maximum Gasteiger partial charge on any atom is 0.267 e. The Morgan fingerprint density at radius 1 is 1.18 bits per heavy atom. The Morgan fingerprint density at radius 2 is 1.95 bits per heavy atom. The highest BCUT2D eigenvalue weighted by Gasteiger charge is 2.13. The maximum atomic E-state index is 11.6. The van der Waals surface area contributed by atoms with E-state index in [0.717, 1.165) is 22.1 Å². The number of benzene rings is 1. The number of carbonyl (C=O) groups excluding carboxylic acids is 1. The predicted molar refractivity (Wildman–Crippen MR) is 84.2 cm³/mol. The van der Waals surface area contributed by atoms with Gasteiger partial charge in [0.1, 0.15) is 5.69 Å². The van der Waals surface area contributed by atoms with E-state index in [9.17, 15) is 9.90 Å². The van der Waals surface area contributed by atoms with Crippen molar-refractivity contribution in [3.8, 4) is 11.1 Å². The van der Waals surface area contributed by atoms with Crippen molar-refractivity contribution in [2.45, 2.75) is 13.5 Å². The molecule has 22 heavy (non-hydrogen) atoms. The summed E-state index contributed by atoms with van der Waals surface area (Å²) in [5, 5.41) is 11.1. The Hall–Kier alpha value is -2.79. The Labute approximate surface area is 127 Å². The number of nitrogens with zero attached hydrogens (tertiary/aromatic N) is 2. The van der Waals surface area contributed by atoms with Crippen LogP contribution in [0.1, 0.15) is 21.7 Å². The van der Waals surface area contributed by atoms with Crippen molar-refractivity contribution in [1.29, 1.82) is 0 Å². The number of primary amides is 1. The third-order valence-electron chi connectivity index (χ3n) is 3.68. The summed E-state index contributed by atoms with van der Waals surface area (Å²) in [6.45, 7) is 1.81. The van der Waals surface area contributed by atoms with Crippen molar-refractivity contribution in [2.24, 2.45) is 5.73 Å². The largest absolute Gasteiger partial charge is 0.390 e. The Bertz CT molecular complexity index is 875. The van der Waals surface area contributed by atoms with Crippen LogP contribution in [0.15, 0.2) is 42.7 Å². The molecule has 0 unspecified atom stereocenters. The standard InChI is InChI=1S/C17H15N3O2/c1-10-4-6-19-14(9-21)15(10)12-3-2-11-5-7-20-16(17(18)22)13(11)8-12/h2-8,21H,9H2,1H3,(H2,18,22). The first-order chi connectivity index (χ1) is 10.6. The molecule has 0 fully saturated rings. The van der Waals surface area contributed by atoms with Crippen LogP contribution in [0, 0.1) is 6.92 Å². The minimum Gasteiger partial charge on any atom is -0.390 e. The van der Waals surface area contributed by atoms with Crippen LogP contribution >= 0.6 is 0 Å². The molecule has 2 heterocycles. The Morgan fingerprint density at radius 3 is 2.68 bits per heavy atom. The second kappa shape index (κ2) is 5.54. The van der Waals surface area contributed by atoms with Gasteiger partial charge in [-0.3, -0.25) is 14.8 Å². The zero-order valence-electron chi connectivity index (χ0n) is 12.1. The quantitative estimate of drug-likeness (QED) is 0.774. The van der Waals surface area contributed by atoms with Gasteiger partial charge >= 0.3 is 0 Å². The Balaban J connectivity index is 2.30. The second-order valence-corrected chi connectivity index (χ2v) is 5.07. The average molecular weight is 293 g/mol. The molecule has 0 saturated carbocycles. The third kappa shape index (κ3) is 2.31. The van der Waals surface area contributed by atoms with E-state index in [1.54, 1.807) is 12.4 Å². The van der Waals surface area contributed by atoms with Crippen LogP contribution in [-0.4, -0.2) is 21.0 Å². The number of nitrogens with two attached hydrogens (primary N) is 1. The van der Waals surface area contributed by atoms with Crippen molar-refractivity contribution in [3.63, 3.8) is 0 Å². The average Bonchev–Trinajstić information content (AvgIpc) is 2.53. The third-order valence-corrected chi connectivity index (χ3v) is 3.68. The van der Waals surface area contributed by atoms with Crippen LogP contribution in [0.2, 0.25) is 0 Å². The summed E-state index contributed by atoms with van der Waals surface area (Å²) >= 11 is 0. The summed E-state index contributed by atoms with van der Waals surface area (Å²) in [6.07, 6.45) is 3.23. The van der Waals surface area contributed by atoms with Crippen molar-refractivity contribution >= 4 is 16.7 Å². The summed E-state index contributed by atoms with van der Waals surface area (Å²) < 4.78 is 0. The molecule has 0 radical (unpaired) electrons. The van der Waals surface area contributed by atoms with Gasteiger partial charge in [0.25, 0.3) is 5.91 Å². The molecule has 0 saturated heterocycles. The highest BCUT2D eigenvalue weighted by atomic mass is 16.3. The molecule has 3 rings (SSSR count). The molecule has 0 bridgehead atoms. The molecule has 1 aromatic carbocycles. The van der Waals surface area contributed by atoms with Crippen molar-refractivity contribution in [1.82, 2.24) is 9.97 Å². The van der Waals surface area contributed by atoms with Gasteiger partial charge in [-0.05, 0) is 41.6 Å². The van der Waals surface area contributed by atoms with Crippen molar-refractivity contribution < 1.29 is 9.90 Å². The predicted octanol–water partition coefficient (Wildman–Crippen LogP) is 2.20. The van der Waals surface area contributed by atoms with Gasteiger partial charge in [-0.2, -0.15) is 0 Å². The molecule has 3 N–H and O–H groups in total. The van der Waals surface area contributed by atoms with Gasteiger partial charge in [-0.15, -0.1) is 0 Å². The van der Waals surface area contributed by atoms with Gasteiger partial charge in [0, 0.05) is 23.3 Å². The van der Waals surface area contributed by atoms with Gasteiger partial charge in [0.15, 0.2) is 0 Å². The number of pyridine rings is 2. The summed E-state index contributed by atoms with van der Waals surface area (Å²) in [6, 6.07) is 9.43. The van der Waals surface area contributed by atoms with E-state index in [-0.39, 0.29) is 12.3 Å². The molecule has 0 aliphatic rings. The van der Waals surface area contributed by atoms with Crippen LogP contribution < -0.4 is 5.73 Å².